The minimum absolute atomic E-state index is 0.0273. The molecule has 0 radical (unpaired) electrons. The minimum atomic E-state index is -0.429. The van der Waals surface area contributed by atoms with Crippen molar-refractivity contribution in [1.82, 2.24) is 24.8 Å². The van der Waals surface area contributed by atoms with Gasteiger partial charge in [-0.2, -0.15) is 5.10 Å². The van der Waals surface area contributed by atoms with Gasteiger partial charge < -0.3 is 0 Å². The summed E-state index contributed by atoms with van der Waals surface area (Å²) in [5, 5.41) is 23.2. The average molecular weight is 355 g/mol. The van der Waals surface area contributed by atoms with Crippen LogP contribution in [0.3, 0.4) is 0 Å². The Labute approximate surface area is 147 Å². The normalized spacial score (nSPS) is 11.1. The lowest BCUT2D eigenvalue weighted by atomic mass is 10.2. The Morgan fingerprint density at radius 1 is 1.16 bits per heavy atom. The van der Waals surface area contributed by atoms with Crippen LogP contribution in [0.15, 0.2) is 52.1 Å². The highest BCUT2D eigenvalue weighted by Gasteiger charge is 2.17. The predicted octanol–water partition coefficient (Wildman–Crippen LogP) is 2.63. The lowest BCUT2D eigenvalue weighted by Gasteiger charge is -2.05. The molecule has 1 aromatic carbocycles. The Bertz CT molecular complexity index is 921. The fourth-order valence-corrected chi connectivity index (χ4v) is 3.02. The molecule has 0 spiro atoms. The van der Waals surface area contributed by atoms with Crippen molar-refractivity contribution in [3.63, 3.8) is 0 Å². The van der Waals surface area contributed by atoms with E-state index in [2.05, 4.69) is 25.3 Å². The van der Waals surface area contributed by atoms with Crippen LogP contribution in [0.2, 0.25) is 0 Å². The molecule has 0 saturated carbocycles. The number of aromatic nitrogens is 5. The number of hydrogen-bond acceptors (Lipinski definition) is 8. The van der Waals surface area contributed by atoms with Gasteiger partial charge in [-0.25, -0.2) is 14.6 Å². The third-order valence-corrected chi connectivity index (χ3v) is 4.02. The Hall–Kier alpha value is -3.14. The van der Waals surface area contributed by atoms with Gasteiger partial charge >= 0.3 is 0 Å². The fraction of sp³-hybridized carbons (Fsp3) is 0.133. The number of benzene rings is 1. The van der Waals surface area contributed by atoms with Gasteiger partial charge in [0.25, 0.3) is 5.69 Å². The Balaban J connectivity index is 1.90. The van der Waals surface area contributed by atoms with E-state index in [1.54, 1.807) is 12.1 Å². The Morgan fingerprint density at radius 2 is 1.84 bits per heavy atom. The van der Waals surface area contributed by atoms with Crippen molar-refractivity contribution in [2.24, 2.45) is 5.10 Å². The van der Waals surface area contributed by atoms with Crippen molar-refractivity contribution in [2.75, 3.05) is 0 Å². The number of nitro groups is 1. The maximum Gasteiger partial charge on any atom is 0.283 e. The van der Waals surface area contributed by atoms with Crippen LogP contribution < -0.4 is 0 Å². The van der Waals surface area contributed by atoms with Crippen LogP contribution in [0.25, 0.3) is 0 Å². The van der Waals surface area contributed by atoms with Gasteiger partial charge in [0.2, 0.25) is 0 Å². The standard InChI is InChI=1S/C15H13N7O2S/c1-10-5-11(2)20-15(19-10)25-14-4-3-12(6-13(14)22(23)24)7-18-21-8-16-17-9-21/h3-9H,1-2H3/b18-7-. The van der Waals surface area contributed by atoms with Gasteiger partial charge in [0.05, 0.1) is 16.0 Å². The molecule has 0 bridgehead atoms. The number of rotatable bonds is 5. The zero-order chi connectivity index (χ0) is 17.8. The van der Waals surface area contributed by atoms with E-state index in [1.165, 1.54) is 29.6 Å². The highest BCUT2D eigenvalue weighted by atomic mass is 32.2. The van der Waals surface area contributed by atoms with E-state index in [-0.39, 0.29) is 5.69 Å². The molecule has 2 aromatic heterocycles. The van der Waals surface area contributed by atoms with Crippen molar-refractivity contribution >= 4 is 23.7 Å². The molecule has 0 atom stereocenters. The van der Waals surface area contributed by atoms with E-state index in [1.807, 2.05) is 19.9 Å². The average Bonchev–Trinajstić information content (AvgIpc) is 3.06. The Kier molecular flexibility index (Phi) is 4.80. The second-order valence-electron chi connectivity index (χ2n) is 5.11. The smallest absolute Gasteiger partial charge is 0.258 e. The molecule has 25 heavy (non-hydrogen) atoms. The van der Waals surface area contributed by atoms with E-state index in [4.69, 9.17) is 0 Å². The van der Waals surface area contributed by atoms with Crippen molar-refractivity contribution in [2.45, 2.75) is 23.9 Å². The molecule has 2 heterocycles. The van der Waals surface area contributed by atoms with Gasteiger partial charge in [-0.15, -0.1) is 10.2 Å². The van der Waals surface area contributed by atoms with Crippen molar-refractivity contribution in [3.8, 4) is 0 Å². The summed E-state index contributed by atoms with van der Waals surface area (Å²) >= 11 is 1.16. The monoisotopic (exact) mass is 355 g/mol. The minimum Gasteiger partial charge on any atom is -0.258 e. The predicted molar refractivity (Wildman–Crippen MR) is 91.7 cm³/mol. The molecule has 0 saturated heterocycles. The van der Waals surface area contributed by atoms with Crippen molar-refractivity contribution in [1.29, 1.82) is 0 Å². The molecule has 0 N–H and O–H groups in total. The number of hydrogen-bond donors (Lipinski definition) is 0. The summed E-state index contributed by atoms with van der Waals surface area (Å²) in [6.07, 6.45) is 4.34. The zero-order valence-corrected chi connectivity index (χ0v) is 14.2. The zero-order valence-electron chi connectivity index (χ0n) is 13.4. The first-order valence-corrected chi connectivity index (χ1v) is 8.00. The molecule has 0 amide bonds. The molecule has 10 heteroatoms. The van der Waals surface area contributed by atoms with E-state index in [0.29, 0.717) is 15.6 Å². The molecule has 0 fully saturated rings. The van der Waals surface area contributed by atoms with Gasteiger partial charge in [-0.3, -0.25) is 10.1 Å². The summed E-state index contributed by atoms with van der Waals surface area (Å²) < 4.78 is 1.40. The lowest BCUT2D eigenvalue weighted by Crippen LogP contribution is -1.96. The highest BCUT2D eigenvalue weighted by Crippen LogP contribution is 2.33. The van der Waals surface area contributed by atoms with E-state index in [9.17, 15) is 10.1 Å². The van der Waals surface area contributed by atoms with E-state index in [0.717, 1.165) is 23.1 Å². The topological polar surface area (TPSA) is 112 Å². The third-order valence-electron chi connectivity index (χ3n) is 3.09. The summed E-state index contributed by atoms with van der Waals surface area (Å²) in [5.74, 6) is 0. The molecular formula is C15H13N7O2S. The van der Waals surface area contributed by atoms with Crippen LogP contribution in [0, 0.1) is 24.0 Å². The number of nitro benzene ring substituents is 1. The van der Waals surface area contributed by atoms with E-state index >= 15 is 0 Å². The molecule has 126 valence electrons. The Morgan fingerprint density at radius 3 is 2.48 bits per heavy atom. The maximum absolute atomic E-state index is 11.4. The summed E-state index contributed by atoms with van der Waals surface area (Å²) in [4.78, 5) is 20.1. The maximum atomic E-state index is 11.4. The molecule has 0 aliphatic carbocycles. The molecule has 9 nitrogen and oxygen atoms in total. The van der Waals surface area contributed by atoms with Crippen LogP contribution in [0.5, 0.6) is 0 Å². The molecule has 0 aliphatic heterocycles. The third kappa shape index (κ3) is 4.23. The summed E-state index contributed by atoms with van der Waals surface area (Å²) in [5.41, 5.74) is 2.19. The van der Waals surface area contributed by atoms with Gasteiger partial charge in [0.1, 0.15) is 12.7 Å². The molecule has 0 unspecified atom stereocenters. The van der Waals surface area contributed by atoms with Crippen molar-refractivity contribution < 1.29 is 4.92 Å². The summed E-state index contributed by atoms with van der Waals surface area (Å²) in [6, 6.07) is 6.71. The first-order chi connectivity index (χ1) is 12.0. The summed E-state index contributed by atoms with van der Waals surface area (Å²) in [6.45, 7) is 3.72. The first kappa shape index (κ1) is 16.7. The van der Waals surface area contributed by atoms with Gasteiger partial charge in [0.15, 0.2) is 5.16 Å². The molecule has 0 aliphatic rings. The summed E-state index contributed by atoms with van der Waals surface area (Å²) in [7, 11) is 0. The van der Waals surface area contributed by atoms with Crippen molar-refractivity contribution in [3.05, 3.63) is 64.0 Å². The van der Waals surface area contributed by atoms with Gasteiger partial charge in [0, 0.05) is 23.0 Å². The second-order valence-corrected chi connectivity index (χ2v) is 6.12. The lowest BCUT2D eigenvalue weighted by molar-refractivity contribution is -0.387. The van der Waals surface area contributed by atoms with Crippen LogP contribution in [0.4, 0.5) is 5.69 Å². The second kappa shape index (κ2) is 7.18. The van der Waals surface area contributed by atoms with Crippen LogP contribution in [-0.2, 0) is 0 Å². The molecule has 3 rings (SSSR count). The quantitative estimate of drug-likeness (QED) is 0.299. The van der Waals surface area contributed by atoms with E-state index < -0.39 is 4.92 Å². The number of nitrogens with zero attached hydrogens (tertiary/aromatic N) is 7. The van der Waals surface area contributed by atoms with Crippen LogP contribution in [0.1, 0.15) is 17.0 Å². The molecule has 3 aromatic rings. The largest absolute Gasteiger partial charge is 0.283 e. The number of aryl methyl sites for hydroxylation is 2. The van der Waals surface area contributed by atoms with Gasteiger partial charge in [-0.05, 0) is 37.7 Å². The first-order valence-electron chi connectivity index (χ1n) is 7.19. The van der Waals surface area contributed by atoms with Gasteiger partial charge in [-0.1, -0.05) is 6.07 Å². The SMILES string of the molecule is Cc1cc(C)nc(Sc2ccc(/C=N\n3cnnc3)cc2[N+](=O)[O-])n1. The molecular weight excluding hydrogens is 342 g/mol. The highest BCUT2D eigenvalue weighted by molar-refractivity contribution is 7.99. The van der Waals surface area contributed by atoms with Crippen LogP contribution in [-0.4, -0.2) is 36.0 Å². The fourth-order valence-electron chi connectivity index (χ4n) is 2.07. The van der Waals surface area contributed by atoms with Crippen LogP contribution >= 0.6 is 11.8 Å².